The lowest BCUT2D eigenvalue weighted by Gasteiger charge is -2.11. The molecule has 2 aromatic rings. The third-order valence-electron chi connectivity index (χ3n) is 3.03. The van der Waals surface area contributed by atoms with E-state index in [9.17, 15) is 5.11 Å². The van der Waals surface area contributed by atoms with Crippen LogP contribution in [0.5, 0.6) is 0 Å². The van der Waals surface area contributed by atoms with Crippen LogP contribution in [-0.4, -0.2) is 14.9 Å². The fourth-order valence-corrected chi connectivity index (χ4v) is 3.93. The van der Waals surface area contributed by atoms with Gasteiger partial charge < -0.3 is 5.11 Å². The van der Waals surface area contributed by atoms with Crippen molar-refractivity contribution < 1.29 is 5.11 Å². The van der Waals surface area contributed by atoms with Gasteiger partial charge in [0.15, 0.2) is 0 Å². The van der Waals surface area contributed by atoms with E-state index in [1.165, 1.54) is 11.3 Å². The van der Waals surface area contributed by atoms with Crippen LogP contribution in [0.1, 0.15) is 36.2 Å². The summed E-state index contributed by atoms with van der Waals surface area (Å²) in [6.45, 7) is 4.91. The van der Waals surface area contributed by atoms with Gasteiger partial charge in [0.05, 0.1) is 31.9 Å². The molecule has 3 nitrogen and oxygen atoms in total. The monoisotopic (exact) mass is 362 g/mol. The Hall–Kier alpha value is -0.360. The lowest BCUT2D eigenvalue weighted by Crippen LogP contribution is -2.08. The molecule has 0 aliphatic heterocycles. The minimum atomic E-state index is -0.587. The fraction of sp³-hybridized carbons (Fsp3) is 0.462. The van der Waals surface area contributed by atoms with Crippen LogP contribution in [0, 0.1) is 0 Å². The molecule has 1 N–H and O–H groups in total. The molecule has 0 aliphatic rings. The Balaban J connectivity index is 2.28. The largest absolute Gasteiger partial charge is 0.387 e. The van der Waals surface area contributed by atoms with E-state index in [4.69, 9.17) is 11.6 Å². The van der Waals surface area contributed by atoms with E-state index in [0.29, 0.717) is 11.4 Å². The normalized spacial score (nSPS) is 12.9. The van der Waals surface area contributed by atoms with E-state index in [1.807, 2.05) is 23.1 Å². The summed E-state index contributed by atoms with van der Waals surface area (Å²) in [4.78, 5) is 0.815. The predicted octanol–water partition coefficient (Wildman–Crippen LogP) is 4.22. The third kappa shape index (κ3) is 3.05. The van der Waals surface area contributed by atoms with Crippen LogP contribution >= 0.6 is 38.9 Å². The Morgan fingerprint density at radius 3 is 2.79 bits per heavy atom. The molecular formula is C13H16BrClN2OS. The van der Waals surface area contributed by atoms with Gasteiger partial charge in [-0.3, -0.25) is 4.68 Å². The summed E-state index contributed by atoms with van der Waals surface area (Å²) in [5.74, 6) is 0. The molecular weight excluding hydrogens is 348 g/mol. The molecule has 1 unspecified atom stereocenters. The van der Waals surface area contributed by atoms with Crippen LogP contribution in [0.4, 0.5) is 0 Å². The first kappa shape index (κ1) is 15.0. The van der Waals surface area contributed by atoms with Gasteiger partial charge in [-0.1, -0.05) is 18.5 Å². The zero-order chi connectivity index (χ0) is 14.0. The van der Waals surface area contributed by atoms with Crippen LogP contribution in [-0.2, 0) is 19.4 Å². The maximum absolute atomic E-state index is 10.3. The highest BCUT2D eigenvalue weighted by Gasteiger charge is 2.20. The first-order valence-electron chi connectivity index (χ1n) is 6.23. The van der Waals surface area contributed by atoms with Crippen molar-refractivity contribution >= 4 is 38.9 Å². The topological polar surface area (TPSA) is 38.0 Å². The summed E-state index contributed by atoms with van der Waals surface area (Å²) in [6.07, 6.45) is 0.800. The first-order valence-corrected chi connectivity index (χ1v) is 8.28. The number of nitrogens with zero attached hydrogens (tertiary/aromatic N) is 2. The summed E-state index contributed by atoms with van der Waals surface area (Å²) >= 11 is 11.1. The van der Waals surface area contributed by atoms with Crippen molar-refractivity contribution in [2.75, 3.05) is 0 Å². The molecule has 0 bridgehead atoms. The fourth-order valence-electron chi connectivity index (χ4n) is 2.03. The van der Waals surface area contributed by atoms with Crippen molar-refractivity contribution in [3.8, 4) is 0 Å². The molecule has 0 amide bonds. The summed E-state index contributed by atoms with van der Waals surface area (Å²) in [6, 6.07) is 1.81. The standard InChI is InChI=1S/C13H16BrClN2OS/c1-3-9-12(14)10(17(4-2)16-9)7-11(18)13-8(15)5-6-19-13/h5-6,11,18H,3-4,7H2,1-2H3. The van der Waals surface area contributed by atoms with Gasteiger partial charge in [0.25, 0.3) is 0 Å². The highest BCUT2D eigenvalue weighted by Crippen LogP contribution is 2.33. The van der Waals surface area contributed by atoms with Crippen molar-refractivity contribution in [1.29, 1.82) is 0 Å². The van der Waals surface area contributed by atoms with Gasteiger partial charge in [-0.05, 0) is 40.7 Å². The zero-order valence-electron chi connectivity index (χ0n) is 10.9. The molecule has 0 saturated carbocycles. The van der Waals surface area contributed by atoms with Crippen molar-refractivity contribution in [2.24, 2.45) is 0 Å². The molecule has 0 aliphatic carbocycles. The summed E-state index contributed by atoms with van der Waals surface area (Å²) < 4.78 is 2.94. The van der Waals surface area contributed by atoms with Gasteiger partial charge in [-0.2, -0.15) is 5.10 Å². The molecule has 0 fully saturated rings. The molecule has 2 rings (SSSR count). The van der Waals surface area contributed by atoms with Gasteiger partial charge in [0.1, 0.15) is 0 Å². The van der Waals surface area contributed by atoms with Crippen LogP contribution in [0.15, 0.2) is 15.9 Å². The maximum Gasteiger partial charge on any atom is 0.0952 e. The van der Waals surface area contributed by atoms with E-state index < -0.39 is 6.10 Å². The number of thiophene rings is 1. The predicted molar refractivity (Wildman–Crippen MR) is 83.0 cm³/mol. The van der Waals surface area contributed by atoms with Gasteiger partial charge in [-0.25, -0.2) is 0 Å². The van der Waals surface area contributed by atoms with Gasteiger partial charge in [-0.15, -0.1) is 11.3 Å². The molecule has 19 heavy (non-hydrogen) atoms. The Morgan fingerprint density at radius 2 is 2.26 bits per heavy atom. The second kappa shape index (κ2) is 6.39. The number of hydrogen-bond acceptors (Lipinski definition) is 3. The number of aliphatic hydroxyl groups excluding tert-OH is 1. The number of halogens is 2. The van der Waals surface area contributed by atoms with E-state index >= 15 is 0 Å². The Bertz CT molecular complexity index is 567. The quantitative estimate of drug-likeness (QED) is 0.863. The van der Waals surface area contributed by atoms with E-state index in [2.05, 4.69) is 28.0 Å². The molecule has 6 heteroatoms. The first-order chi connectivity index (χ1) is 9.08. The number of hydrogen-bond donors (Lipinski definition) is 1. The van der Waals surface area contributed by atoms with Crippen LogP contribution in [0.2, 0.25) is 5.02 Å². The lowest BCUT2D eigenvalue weighted by atomic mass is 10.1. The summed E-state index contributed by atoms with van der Waals surface area (Å²) in [7, 11) is 0. The number of aromatic nitrogens is 2. The van der Waals surface area contributed by atoms with Gasteiger partial charge >= 0.3 is 0 Å². The number of rotatable bonds is 5. The molecule has 1 atom stereocenters. The van der Waals surface area contributed by atoms with Crippen molar-refractivity contribution in [3.05, 3.63) is 37.2 Å². The molecule has 0 aromatic carbocycles. The molecule has 2 heterocycles. The van der Waals surface area contributed by atoms with Crippen molar-refractivity contribution in [3.63, 3.8) is 0 Å². The highest BCUT2D eigenvalue weighted by atomic mass is 79.9. The van der Waals surface area contributed by atoms with Gasteiger partial charge in [0.2, 0.25) is 0 Å². The highest BCUT2D eigenvalue weighted by molar-refractivity contribution is 9.10. The maximum atomic E-state index is 10.3. The average Bonchev–Trinajstić information content (AvgIpc) is 2.95. The Labute approximate surface area is 130 Å². The second-order valence-corrected chi connectivity index (χ2v) is 6.38. The van der Waals surface area contributed by atoms with Crippen LogP contribution in [0.25, 0.3) is 0 Å². The number of aryl methyl sites for hydroxylation is 2. The summed E-state index contributed by atoms with van der Waals surface area (Å²) in [5, 5.41) is 17.4. The van der Waals surface area contributed by atoms with Crippen LogP contribution < -0.4 is 0 Å². The average molecular weight is 364 g/mol. The third-order valence-corrected chi connectivity index (χ3v) is 5.40. The Morgan fingerprint density at radius 1 is 1.53 bits per heavy atom. The molecule has 0 radical (unpaired) electrons. The lowest BCUT2D eigenvalue weighted by molar-refractivity contribution is 0.179. The zero-order valence-corrected chi connectivity index (χ0v) is 14.0. The minimum Gasteiger partial charge on any atom is -0.387 e. The molecule has 2 aromatic heterocycles. The molecule has 104 valence electrons. The van der Waals surface area contributed by atoms with Crippen molar-refractivity contribution in [1.82, 2.24) is 9.78 Å². The smallest absolute Gasteiger partial charge is 0.0952 e. The minimum absolute atomic E-state index is 0.516. The molecule has 0 spiro atoms. The van der Waals surface area contributed by atoms with E-state index in [1.54, 1.807) is 0 Å². The van der Waals surface area contributed by atoms with Gasteiger partial charge in [0, 0.05) is 13.0 Å². The van der Waals surface area contributed by atoms with Crippen LogP contribution in [0.3, 0.4) is 0 Å². The molecule has 0 saturated heterocycles. The number of aliphatic hydroxyl groups is 1. The summed E-state index contributed by atoms with van der Waals surface area (Å²) in [5.41, 5.74) is 2.05. The SMILES string of the molecule is CCc1nn(CC)c(CC(O)c2sccc2Cl)c1Br. The van der Waals surface area contributed by atoms with Crippen molar-refractivity contribution in [2.45, 2.75) is 39.3 Å². The van der Waals surface area contributed by atoms with E-state index in [-0.39, 0.29) is 0 Å². The second-order valence-electron chi connectivity index (χ2n) is 4.23. The Kier molecular flexibility index (Phi) is 5.06. The van der Waals surface area contributed by atoms with E-state index in [0.717, 1.165) is 33.7 Å².